The number of hydrogen-bond acceptors (Lipinski definition) is 4. The molecule has 2 amide bonds. The molecule has 0 fully saturated rings. The van der Waals surface area contributed by atoms with Gasteiger partial charge in [-0.15, -0.1) is 0 Å². The predicted molar refractivity (Wildman–Crippen MR) is 171 cm³/mol. The third kappa shape index (κ3) is 8.32. The van der Waals surface area contributed by atoms with Crippen LogP contribution in [0.4, 0.5) is 5.69 Å². The van der Waals surface area contributed by atoms with Crippen molar-refractivity contribution in [3.8, 4) is 0 Å². The first-order valence-electron chi connectivity index (χ1n) is 13.4. The second-order valence-corrected chi connectivity index (χ2v) is 13.2. The van der Waals surface area contributed by atoms with Crippen LogP contribution in [-0.2, 0) is 26.2 Å². The molecule has 0 aromatic heterocycles. The van der Waals surface area contributed by atoms with E-state index < -0.39 is 28.5 Å². The Balaban J connectivity index is 2.10. The molecule has 0 spiro atoms. The summed E-state index contributed by atoms with van der Waals surface area (Å²) in [6.45, 7) is 5.36. The van der Waals surface area contributed by atoms with Crippen LogP contribution in [0.3, 0.4) is 0 Å². The number of halogens is 4. The van der Waals surface area contributed by atoms with E-state index in [0.29, 0.717) is 22.2 Å². The molecule has 0 aliphatic carbocycles. The van der Waals surface area contributed by atoms with Crippen LogP contribution in [0.1, 0.15) is 44.2 Å². The monoisotopic (exact) mass is 671 g/mol. The third-order valence-corrected chi connectivity index (χ3v) is 9.83. The Kier molecular flexibility index (Phi) is 12.4. The molecule has 0 aliphatic rings. The zero-order valence-corrected chi connectivity index (χ0v) is 27.4. The van der Waals surface area contributed by atoms with Gasteiger partial charge in [0.1, 0.15) is 12.6 Å². The average molecular weight is 673 g/mol. The van der Waals surface area contributed by atoms with Crippen LogP contribution in [0.2, 0.25) is 20.1 Å². The van der Waals surface area contributed by atoms with Gasteiger partial charge in [0.2, 0.25) is 11.8 Å². The lowest BCUT2D eigenvalue weighted by Crippen LogP contribution is -2.52. The van der Waals surface area contributed by atoms with E-state index in [0.717, 1.165) is 22.7 Å². The van der Waals surface area contributed by atoms with Gasteiger partial charge < -0.3 is 10.2 Å². The van der Waals surface area contributed by atoms with E-state index in [-0.39, 0.29) is 39.5 Å². The zero-order chi connectivity index (χ0) is 31.0. The summed E-state index contributed by atoms with van der Waals surface area (Å²) >= 11 is 25.3. The van der Waals surface area contributed by atoms with Gasteiger partial charge in [0.25, 0.3) is 10.0 Å². The van der Waals surface area contributed by atoms with E-state index in [4.69, 9.17) is 46.4 Å². The van der Waals surface area contributed by atoms with Crippen molar-refractivity contribution in [1.29, 1.82) is 0 Å². The second kappa shape index (κ2) is 15.3. The average Bonchev–Trinajstić information content (AvgIpc) is 2.94. The molecule has 1 atom stereocenters. The number of nitrogens with one attached hydrogen (secondary N) is 1. The summed E-state index contributed by atoms with van der Waals surface area (Å²) in [5.41, 5.74) is 1.44. The fourth-order valence-electron chi connectivity index (χ4n) is 4.29. The first kappa shape index (κ1) is 34.0. The van der Waals surface area contributed by atoms with E-state index in [1.54, 1.807) is 43.3 Å². The molecule has 0 unspecified atom stereocenters. The summed E-state index contributed by atoms with van der Waals surface area (Å²) in [6.07, 6.45) is 1.93. The number of anilines is 1. The number of sulfonamides is 1. The maximum atomic E-state index is 14.2. The second-order valence-electron chi connectivity index (χ2n) is 9.72. The highest BCUT2D eigenvalue weighted by Crippen LogP contribution is 2.36. The Bertz CT molecular complexity index is 1520. The maximum Gasteiger partial charge on any atom is 0.264 e. The minimum atomic E-state index is -4.30. The highest BCUT2D eigenvalue weighted by Gasteiger charge is 2.35. The standard InChI is InChI=1S/C30H33Cl4N3O4S/c1-4-6-16-35-30(39)26(5-2)36(18-21-12-13-22(31)17-25(21)33)28(38)19-37(27-9-7-8-24(32)29(27)34)42(40,41)23-14-10-20(3)11-15-23/h7-15,17,26H,4-6,16,18-19H2,1-3H3,(H,35,39)/t26-/m0/s1. The number of nitrogens with zero attached hydrogens (tertiary/aromatic N) is 2. The van der Waals surface area contributed by atoms with Crippen molar-refractivity contribution in [1.82, 2.24) is 10.2 Å². The maximum absolute atomic E-state index is 14.2. The Labute approximate surface area is 267 Å². The van der Waals surface area contributed by atoms with Gasteiger partial charge in [0.05, 0.1) is 20.6 Å². The molecule has 0 radical (unpaired) electrons. The van der Waals surface area contributed by atoms with Crippen LogP contribution in [0.25, 0.3) is 0 Å². The van der Waals surface area contributed by atoms with Gasteiger partial charge in [-0.1, -0.05) is 96.5 Å². The summed E-state index contributed by atoms with van der Waals surface area (Å²) in [5, 5.41) is 3.70. The van der Waals surface area contributed by atoms with Gasteiger partial charge in [0, 0.05) is 23.1 Å². The molecule has 7 nitrogen and oxygen atoms in total. The van der Waals surface area contributed by atoms with Gasteiger partial charge >= 0.3 is 0 Å². The Morgan fingerprint density at radius 1 is 0.929 bits per heavy atom. The number of rotatable bonds is 13. The number of aryl methyl sites for hydroxylation is 1. The molecule has 12 heteroatoms. The van der Waals surface area contributed by atoms with Gasteiger partial charge in [0.15, 0.2) is 0 Å². The van der Waals surface area contributed by atoms with Crippen molar-refractivity contribution >= 4 is 73.9 Å². The van der Waals surface area contributed by atoms with E-state index in [1.165, 1.54) is 29.2 Å². The Hall–Kier alpha value is -2.49. The third-order valence-electron chi connectivity index (χ3n) is 6.66. The number of benzene rings is 3. The van der Waals surface area contributed by atoms with Crippen molar-refractivity contribution in [3.63, 3.8) is 0 Å². The van der Waals surface area contributed by atoms with Crippen molar-refractivity contribution in [2.75, 3.05) is 17.4 Å². The van der Waals surface area contributed by atoms with Gasteiger partial charge in [-0.05, 0) is 61.7 Å². The predicted octanol–water partition coefficient (Wildman–Crippen LogP) is 7.53. The van der Waals surface area contributed by atoms with Crippen LogP contribution in [0.5, 0.6) is 0 Å². The Morgan fingerprint density at radius 2 is 1.62 bits per heavy atom. The molecule has 0 aliphatic heterocycles. The Morgan fingerprint density at radius 3 is 2.24 bits per heavy atom. The van der Waals surface area contributed by atoms with E-state index in [9.17, 15) is 18.0 Å². The molecule has 0 bridgehead atoms. The SMILES string of the molecule is CCCCNC(=O)[C@H](CC)N(Cc1ccc(Cl)cc1Cl)C(=O)CN(c1cccc(Cl)c1Cl)S(=O)(=O)c1ccc(C)cc1. The van der Waals surface area contributed by atoms with Crippen molar-refractivity contribution < 1.29 is 18.0 Å². The van der Waals surface area contributed by atoms with Gasteiger partial charge in [-0.3, -0.25) is 13.9 Å². The molecular formula is C30H33Cl4N3O4S. The molecule has 1 N–H and O–H groups in total. The van der Waals surface area contributed by atoms with Crippen LogP contribution >= 0.6 is 46.4 Å². The summed E-state index contributed by atoms with van der Waals surface area (Å²) in [6, 6.07) is 14.7. The number of amides is 2. The minimum absolute atomic E-state index is 0.0284. The highest BCUT2D eigenvalue weighted by atomic mass is 35.5. The lowest BCUT2D eigenvalue weighted by Gasteiger charge is -2.33. The molecule has 226 valence electrons. The lowest BCUT2D eigenvalue weighted by atomic mass is 10.1. The first-order chi connectivity index (χ1) is 19.9. The van der Waals surface area contributed by atoms with E-state index >= 15 is 0 Å². The summed E-state index contributed by atoms with van der Waals surface area (Å²) < 4.78 is 28.9. The van der Waals surface area contributed by atoms with Crippen LogP contribution < -0.4 is 9.62 Å². The summed E-state index contributed by atoms with van der Waals surface area (Å²) in [5.74, 6) is -0.983. The largest absolute Gasteiger partial charge is 0.354 e. The molecule has 0 saturated carbocycles. The molecule has 0 saturated heterocycles. The quantitative estimate of drug-likeness (QED) is 0.190. The van der Waals surface area contributed by atoms with Crippen LogP contribution in [-0.4, -0.2) is 44.3 Å². The van der Waals surface area contributed by atoms with E-state index in [2.05, 4.69) is 5.32 Å². The molecule has 0 heterocycles. The molecular weight excluding hydrogens is 640 g/mol. The fraction of sp³-hybridized carbons (Fsp3) is 0.333. The minimum Gasteiger partial charge on any atom is -0.354 e. The van der Waals surface area contributed by atoms with Crippen molar-refractivity contribution in [2.45, 2.75) is 57.5 Å². The van der Waals surface area contributed by atoms with E-state index in [1.807, 2.05) is 13.8 Å². The van der Waals surface area contributed by atoms with Crippen molar-refractivity contribution in [2.24, 2.45) is 0 Å². The lowest BCUT2D eigenvalue weighted by molar-refractivity contribution is -0.140. The summed E-state index contributed by atoms with van der Waals surface area (Å²) in [4.78, 5) is 28.8. The molecule has 42 heavy (non-hydrogen) atoms. The van der Waals surface area contributed by atoms with Gasteiger partial charge in [-0.25, -0.2) is 8.42 Å². The normalized spacial score (nSPS) is 12.1. The molecule has 3 rings (SSSR count). The molecule has 3 aromatic carbocycles. The molecule has 3 aromatic rings. The number of carbonyl (C=O) groups is 2. The number of carbonyl (C=O) groups excluding carboxylic acids is 2. The topological polar surface area (TPSA) is 86.8 Å². The van der Waals surface area contributed by atoms with Crippen LogP contribution in [0.15, 0.2) is 65.6 Å². The fourth-order valence-corrected chi connectivity index (χ4v) is 6.64. The first-order valence-corrected chi connectivity index (χ1v) is 16.4. The number of hydrogen-bond donors (Lipinski definition) is 1. The number of unbranched alkanes of at least 4 members (excludes halogenated alkanes) is 1. The smallest absolute Gasteiger partial charge is 0.264 e. The zero-order valence-electron chi connectivity index (χ0n) is 23.5. The van der Waals surface area contributed by atoms with Crippen LogP contribution in [0, 0.1) is 6.92 Å². The summed E-state index contributed by atoms with van der Waals surface area (Å²) in [7, 11) is -4.30. The van der Waals surface area contributed by atoms with Gasteiger partial charge in [-0.2, -0.15) is 0 Å². The highest BCUT2D eigenvalue weighted by molar-refractivity contribution is 7.92. The van der Waals surface area contributed by atoms with Crippen molar-refractivity contribution in [3.05, 3.63) is 91.9 Å².